The quantitative estimate of drug-likeness (QED) is 0.230. The Bertz CT molecular complexity index is 1510. The van der Waals surface area contributed by atoms with E-state index in [0.29, 0.717) is 0 Å². The van der Waals surface area contributed by atoms with Gasteiger partial charge in [-0.05, 0) is 68.6 Å². The Morgan fingerprint density at radius 3 is 1.76 bits per heavy atom. The van der Waals surface area contributed by atoms with Crippen LogP contribution in [0.1, 0.15) is 47.2 Å². The van der Waals surface area contributed by atoms with Crippen LogP contribution in [-0.4, -0.2) is 0 Å². The number of benzene rings is 4. The molecule has 0 radical (unpaired) electrons. The van der Waals surface area contributed by atoms with Crippen LogP contribution in [0.15, 0.2) is 118 Å². The Morgan fingerprint density at radius 1 is 0.529 bits per heavy atom. The van der Waals surface area contributed by atoms with Crippen molar-refractivity contribution < 1.29 is 0 Å². The monoisotopic (exact) mass is 472 g/mol. The highest BCUT2D eigenvalue weighted by Crippen LogP contribution is 2.61. The minimum Gasteiger partial charge on any atom is -0.144 e. The zero-order valence-corrected chi connectivity index (χ0v) is 20.8. The highest BCUT2D eigenvalue weighted by molar-refractivity contribution is 7.99. The summed E-state index contributed by atoms with van der Waals surface area (Å²) < 4.78 is 0. The topological polar surface area (TPSA) is 0 Å². The molecule has 0 N–H and O–H groups in total. The lowest BCUT2D eigenvalue weighted by Crippen LogP contribution is -2.43. The van der Waals surface area contributed by atoms with E-state index in [9.17, 15) is 0 Å². The maximum absolute atomic E-state index is 2.46. The van der Waals surface area contributed by atoms with Crippen molar-refractivity contribution in [1.82, 2.24) is 0 Å². The Kier molecular flexibility index (Phi) is 4.31. The van der Waals surface area contributed by atoms with Crippen molar-refractivity contribution in [3.8, 4) is 10.4 Å². The summed E-state index contributed by atoms with van der Waals surface area (Å²) in [4.78, 5) is 4.03. The van der Waals surface area contributed by atoms with Crippen LogP contribution >= 0.6 is 23.1 Å². The van der Waals surface area contributed by atoms with Crippen molar-refractivity contribution >= 4 is 23.1 Å². The van der Waals surface area contributed by atoms with Crippen molar-refractivity contribution in [2.45, 2.75) is 34.5 Å². The molecule has 2 aliphatic rings. The fourth-order valence-corrected chi connectivity index (χ4v) is 8.12. The average Bonchev–Trinajstić information content (AvgIpc) is 3.42. The fraction of sp³-hybridized carbons (Fsp3) is 0.125. The lowest BCUT2D eigenvalue weighted by molar-refractivity contribution is 0.549. The van der Waals surface area contributed by atoms with Gasteiger partial charge >= 0.3 is 0 Å². The summed E-state index contributed by atoms with van der Waals surface area (Å²) in [5, 5.41) is 2.17. The van der Waals surface area contributed by atoms with Crippen LogP contribution in [-0.2, 0) is 10.8 Å². The van der Waals surface area contributed by atoms with Gasteiger partial charge in [-0.1, -0.05) is 104 Å². The summed E-state index contributed by atoms with van der Waals surface area (Å²) in [6, 6.07) is 38.8. The number of rotatable bonds is 1. The van der Waals surface area contributed by atoms with Crippen LogP contribution in [0.4, 0.5) is 0 Å². The Hall–Kier alpha value is -3.07. The van der Waals surface area contributed by atoms with Crippen molar-refractivity contribution in [2.75, 3.05) is 0 Å². The first-order valence-electron chi connectivity index (χ1n) is 11.8. The minimum atomic E-state index is -0.326. The number of fused-ring (bicyclic) bond motifs is 8. The van der Waals surface area contributed by atoms with E-state index >= 15 is 0 Å². The van der Waals surface area contributed by atoms with Gasteiger partial charge in [0.2, 0.25) is 0 Å². The highest BCUT2D eigenvalue weighted by atomic mass is 32.2. The SMILES string of the molecule is CC1(C)c2ccccc2C2(c3ccccc3Sc3ccccc32)c2ccc(-c3cccs3)cc21. The second kappa shape index (κ2) is 7.21. The van der Waals surface area contributed by atoms with Gasteiger partial charge in [0.05, 0.1) is 5.41 Å². The Morgan fingerprint density at radius 2 is 1.12 bits per heavy atom. The summed E-state index contributed by atoms with van der Waals surface area (Å²) in [5.41, 5.74) is 9.35. The Balaban J connectivity index is 1.67. The predicted octanol–water partition coefficient (Wildman–Crippen LogP) is 8.90. The van der Waals surface area contributed by atoms with Gasteiger partial charge in [0, 0.05) is 20.1 Å². The molecule has 2 heterocycles. The third-order valence-electron chi connectivity index (χ3n) is 7.71. The maximum atomic E-state index is 2.46. The molecule has 7 rings (SSSR count). The predicted molar refractivity (Wildman–Crippen MR) is 144 cm³/mol. The van der Waals surface area contributed by atoms with Gasteiger partial charge in [-0.15, -0.1) is 11.3 Å². The Labute approximate surface area is 209 Å². The molecule has 4 aromatic carbocycles. The van der Waals surface area contributed by atoms with Crippen LogP contribution in [0.2, 0.25) is 0 Å². The van der Waals surface area contributed by atoms with Gasteiger partial charge < -0.3 is 0 Å². The van der Waals surface area contributed by atoms with Crippen LogP contribution in [0.5, 0.6) is 0 Å². The molecule has 0 saturated carbocycles. The second-order valence-electron chi connectivity index (χ2n) is 9.75. The number of thiophene rings is 1. The first-order valence-corrected chi connectivity index (χ1v) is 13.5. The zero-order valence-electron chi connectivity index (χ0n) is 19.2. The van der Waals surface area contributed by atoms with E-state index in [2.05, 4.69) is 122 Å². The van der Waals surface area contributed by atoms with E-state index < -0.39 is 0 Å². The fourth-order valence-electron chi connectivity index (χ4n) is 6.20. The van der Waals surface area contributed by atoms with Crippen LogP contribution in [0, 0.1) is 0 Å². The molecule has 1 aliphatic carbocycles. The molecule has 2 heteroatoms. The van der Waals surface area contributed by atoms with Crippen LogP contribution in [0.25, 0.3) is 10.4 Å². The highest BCUT2D eigenvalue weighted by Gasteiger charge is 2.51. The van der Waals surface area contributed by atoms with E-state index in [1.807, 2.05) is 23.1 Å². The maximum Gasteiger partial charge on any atom is 0.0729 e. The molecule has 1 aromatic heterocycles. The molecule has 0 nitrogen and oxygen atoms in total. The largest absolute Gasteiger partial charge is 0.144 e. The van der Waals surface area contributed by atoms with Gasteiger partial charge in [0.25, 0.3) is 0 Å². The summed E-state index contributed by atoms with van der Waals surface area (Å²) in [6.45, 7) is 4.79. The molecule has 0 unspecified atom stereocenters. The van der Waals surface area contributed by atoms with Crippen molar-refractivity contribution in [3.05, 3.63) is 142 Å². The molecule has 0 saturated heterocycles. The molecule has 0 bridgehead atoms. The van der Waals surface area contributed by atoms with Gasteiger partial charge in [-0.25, -0.2) is 0 Å². The lowest BCUT2D eigenvalue weighted by atomic mass is 9.54. The van der Waals surface area contributed by atoms with Gasteiger partial charge in [-0.3, -0.25) is 0 Å². The molecular formula is C32H24S2. The minimum absolute atomic E-state index is 0.0983. The summed E-state index contributed by atoms with van der Waals surface area (Å²) in [7, 11) is 0. The normalized spacial score (nSPS) is 16.3. The molecule has 1 spiro atoms. The number of hydrogen-bond acceptors (Lipinski definition) is 2. The summed E-state index contributed by atoms with van der Waals surface area (Å²) >= 11 is 3.72. The summed E-state index contributed by atoms with van der Waals surface area (Å²) in [5.74, 6) is 0. The van der Waals surface area contributed by atoms with Gasteiger partial charge in [0.15, 0.2) is 0 Å². The molecule has 0 amide bonds. The average molecular weight is 473 g/mol. The molecule has 5 aromatic rings. The third kappa shape index (κ3) is 2.56. The van der Waals surface area contributed by atoms with E-state index in [-0.39, 0.29) is 10.8 Å². The lowest BCUT2D eigenvalue weighted by Gasteiger charge is -2.50. The molecule has 1 aliphatic heterocycles. The van der Waals surface area contributed by atoms with Gasteiger partial charge in [0.1, 0.15) is 0 Å². The number of hydrogen-bond donors (Lipinski definition) is 0. The molecule has 164 valence electrons. The third-order valence-corrected chi connectivity index (χ3v) is 9.78. The smallest absolute Gasteiger partial charge is 0.0729 e. The van der Waals surface area contributed by atoms with Crippen LogP contribution in [0.3, 0.4) is 0 Å². The van der Waals surface area contributed by atoms with Crippen LogP contribution < -0.4 is 0 Å². The first kappa shape index (κ1) is 20.3. The first-order chi connectivity index (χ1) is 16.6. The second-order valence-corrected chi connectivity index (χ2v) is 11.8. The summed E-state index contributed by atoms with van der Waals surface area (Å²) in [6.07, 6.45) is 0. The molecular weight excluding hydrogens is 448 g/mol. The van der Waals surface area contributed by atoms with Crippen molar-refractivity contribution in [1.29, 1.82) is 0 Å². The van der Waals surface area contributed by atoms with Crippen molar-refractivity contribution in [2.24, 2.45) is 0 Å². The van der Waals surface area contributed by atoms with E-state index in [1.54, 1.807) is 0 Å². The van der Waals surface area contributed by atoms with Crippen molar-refractivity contribution in [3.63, 3.8) is 0 Å². The molecule has 0 fully saturated rings. The molecule has 34 heavy (non-hydrogen) atoms. The molecule has 0 atom stereocenters. The van der Waals surface area contributed by atoms with E-state index in [0.717, 1.165) is 0 Å². The standard InChI is InChI=1S/C32H24S2/c1-31(2)22-10-3-4-11-23(22)32(24-18-17-21(20-27(24)31)28-16-9-19-33-28)25-12-5-7-14-29(25)34-30-15-8-6-13-26(30)32/h3-20H,1-2H3. The van der Waals surface area contributed by atoms with Gasteiger partial charge in [-0.2, -0.15) is 0 Å². The zero-order chi connectivity index (χ0) is 22.9. The van der Waals surface area contributed by atoms with E-state index in [1.165, 1.54) is 53.6 Å². The van der Waals surface area contributed by atoms with E-state index in [4.69, 9.17) is 0 Å².